The van der Waals surface area contributed by atoms with Crippen molar-refractivity contribution in [3.8, 4) is 0 Å². The molecule has 1 unspecified atom stereocenters. The van der Waals surface area contributed by atoms with Crippen LogP contribution in [0.1, 0.15) is 12.5 Å². The van der Waals surface area contributed by atoms with Crippen LogP contribution in [0.5, 0.6) is 0 Å². The topological polar surface area (TPSA) is 18.5 Å². The van der Waals surface area contributed by atoms with Crippen molar-refractivity contribution in [2.45, 2.75) is 13.0 Å². The average molecular weight is 355 g/mol. The van der Waals surface area contributed by atoms with Gasteiger partial charge in [0.2, 0.25) is 0 Å². The van der Waals surface area contributed by atoms with E-state index in [2.05, 4.69) is 15.4 Å². The molecule has 1 heterocycles. The van der Waals surface area contributed by atoms with E-state index in [4.69, 9.17) is 0 Å². The van der Waals surface area contributed by atoms with Crippen molar-refractivity contribution >= 4 is 25.8 Å². The molecule has 0 saturated heterocycles. The Bertz CT molecular complexity index is 578. The molecular formula is C13H17B2F6NO2. The van der Waals surface area contributed by atoms with Crippen LogP contribution in [0.25, 0.3) is 5.76 Å². The second-order valence-electron chi connectivity index (χ2n) is 5.96. The molecule has 1 aromatic rings. The summed E-state index contributed by atoms with van der Waals surface area (Å²) in [6.45, 7) is 1.51. The van der Waals surface area contributed by atoms with E-state index in [9.17, 15) is 25.9 Å². The molecule has 0 N–H and O–H groups in total. The van der Waals surface area contributed by atoms with E-state index < -0.39 is 20.5 Å². The minimum absolute atomic E-state index is 0.0525. The third kappa shape index (κ3) is 7.25. The second-order valence-corrected chi connectivity index (χ2v) is 5.96. The molecule has 3 nitrogen and oxygen atoms in total. The fraction of sp³-hybridized carbons (Fsp3) is 0.385. The van der Waals surface area contributed by atoms with Crippen molar-refractivity contribution in [3.63, 3.8) is 0 Å². The van der Waals surface area contributed by atoms with Crippen molar-refractivity contribution in [3.05, 3.63) is 35.9 Å². The molecule has 24 heavy (non-hydrogen) atoms. The summed E-state index contributed by atoms with van der Waals surface area (Å²) in [4.78, 5) is 0. The molecule has 0 spiro atoms. The van der Waals surface area contributed by atoms with Gasteiger partial charge >= 0.3 is 20.1 Å². The maximum Gasteiger partial charge on any atom is 0.673 e. The van der Waals surface area contributed by atoms with Gasteiger partial charge in [-0.25, -0.2) is 0 Å². The molecule has 1 aliphatic rings. The molecule has 0 radical (unpaired) electrons. The maximum atomic E-state index is 13.2. The van der Waals surface area contributed by atoms with Crippen molar-refractivity contribution < 1.29 is 35.2 Å². The van der Waals surface area contributed by atoms with Crippen molar-refractivity contribution in [1.82, 2.24) is 4.48 Å². The van der Waals surface area contributed by atoms with Gasteiger partial charge in [0.15, 0.2) is 11.7 Å². The molecule has 1 atom stereocenters. The minimum Gasteiger partial charge on any atom is -0.601 e. The van der Waals surface area contributed by atoms with Crippen molar-refractivity contribution in [2.75, 3.05) is 21.1 Å². The fourth-order valence-electron chi connectivity index (χ4n) is 1.87. The van der Waals surface area contributed by atoms with Gasteiger partial charge in [-0.1, -0.05) is 0 Å². The number of rotatable bonds is 2. The van der Waals surface area contributed by atoms with Gasteiger partial charge in [0.25, 0.3) is 0 Å². The van der Waals surface area contributed by atoms with Crippen LogP contribution in [0, 0.1) is 6.08 Å². The summed E-state index contributed by atoms with van der Waals surface area (Å²) in [6, 6.07) is 7.29. The van der Waals surface area contributed by atoms with E-state index in [1.807, 2.05) is 33.3 Å². The summed E-state index contributed by atoms with van der Waals surface area (Å²) in [5, 5.41) is 0. The largest absolute Gasteiger partial charge is 0.673 e. The summed E-state index contributed by atoms with van der Waals surface area (Å²) >= 11 is 0. The van der Waals surface area contributed by atoms with E-state index >= 15 is 0 Å². The highest BCUT2D eigenvalue weighted by atomic mass is 19.5. The highest BCUT2D eigenvalue weighted by molar-refractivity contribution is 6.53. The molecular weight excluding hydrogens is 338 g/mol. The number of nitrogens with zero attached hydrogens (tertiary/aromatic N) is 1. The third-order valence-electron chi connectivity index (χ3n) is 2.86. The summed E-state index contributed by atoms with van der Waals surface area (Å²) in [6.07, 6.45) is 1.97. The van der Waals surface area contributed by atoms with Gasteiger partial charge in [0.05, 0.1) is 21.1 Å². The van der Waals surface area contributed by atoms with Gasteiger partial charge < -0.3 is 35.2 Å². The van der Waals surface area contributed by atoms with Crippen molar-refractivity contribution in [1.29, 1.82) is 0 Å². The Hall–Kier alpha value is -1.70. The SMILES string of the molecule is CC1[C+]=C(c2ccc([N+](C)(C)C)cc2)O[B-](F)(F)O1.F[B-](F)(F)F. The van der Waals surface area contributed by atoms with Gasteiger partial charge in [-0.3, -0.25) is 4.48 Å². The van der Waals surface area contributed by atoms with E-state index in [1.54, 1.807) is 12.1 Å². The van der Waals surface area contributed by atoms with E-state index in [1.165, 1.54) is 6.92 Å². The van der Waals surface area contributed by atoms with Gasteiger partial charge in [0.1, 0.15) is 11.8 Å². The summed E-state index contributed by atoms with van der Waals surface area (Å²) in [7, 11) is -4.16. The molecule has 0 aromatic heterocycles. The molecule has 11 heteroatoms. The Labute approximate surface area is 136 Å². The van der Waals surface area contributed by atoms with Crippen LogP contribution in [0.15, 0.2) is 24.3 Å². The molecule has 2 rings (SSSR count). The quantitative estimate of drug-likeness (QED) is 0.344. The van der Waals surface area contributed by atoms with Crippen LogP contribution in [-0.2, 0) is 9.31 Å². The molecule has 1 aliphatic heterocycles. The summed E-state index contributed by atoms with van der Waals surface area (Å²) < 4.78 is 75.0. The third-order valence-corrected chi connectivity index (χ3v) is 2.86. The zero-order chi connectivity index (χ0) is 18.8. The molecule has 0 saturated carbocycles. The van der Waals surface area contributed by atoms with Crippen molar-refractivity contribution in [2.24, 2.45) is 0 Å². The van der Waals surface area contributed by atoms with Crippen LogP contribution in [0.2, 0.25) is 0 Å². The predicted molar refractivity (Wildman–Crippen MR) is 82.4 cm³/mol. The smallest absolute Gasteiger partial charge is 0.601 e. The highest BCUT2D eigenvalue weighted by Crippen LogP contribution is 2.30. The zero-order valence-corrected chi connectivity index (χ0v) is 13.6. The lowest BCUT2D eigenvalue weighted by Crippen LogP contribution is -2.38. The first-order valence-electron chi connectivity index (χ1n) is 6.97. The minimum atomic E-state index is -6.00. The number of halogens is 6. The monoisotopic (exact) mass is 355 g/mol. The van der Waals surface area contributed by atoms with Crippen LogP contribution in [0.3, 0.4) is 0 Å². The van der Waals surface area contributed by atoms with Gasteiger partial charge in [-0.05, 0) is 6.92 Å². The number of benzene rings is 1. The van der Waals surface area contributed by atoms with Crippen LogP contribution >= 0.6 is 0 Å². The second kappa shape index (κ2) is 7.04. The van der Waals surface area contributed by atoms with Gasteiger partial charge in [-0.15, -0.1) is 0 Å². The van der Waals surface area contributed by atoms with Gasteiger partial charge in [-0.2, -0.15) is 0 Å². The van der Waals surface area contributed by atoms with E-state index in [0.29, 0.717) is 10.0 Å². The molecule has 0 bridgehead atoms. The Kier molecular flexibility index (Phi) is 5.97. The Balaban J connectivity index is 0.000000505. The highest BCUT2D eigenvalue weighted by Gasteiger charge is 2.42. The summed E-state index contributed by atoms with van der Waals surface area (Å²) in [5.74, 6) is 0.0525. The summed E-state index contributed by atoms with van der Waals surface area (Å²) in [5.41, 5.74) is 1.65. The van der Waals surface area contributed by atoms with E-state index in [-0.39, 0.29) is 5.76 Å². The molecule has 0 fully saturated rings. The normalized spacial score (nSPS) is 20.1. The van der Waals surface area contributed by atoms with Crippen LogP contribution < -0.4 is 4.48 Å². The maximum absolute atomic E-state index is 13.2. The Morgan fingerprint density at radius 3 is 1.88 bits per heavy atom. The van der Waals surface area contributed by atoms with Gasteiger partial charge in [0, 0.05) is 24.3 Å². The lowest BCUT2D eigenvalue weighted by Gasteiger charge is -2.29. The first kappa shape index (κ1) is 20.3. The number of hydrogen-bond acceptors (Lipinski definition) is 2. The number of quaternary nitrogens is 1. The Morgan fingerprint density at radius 2 is 1.50 bits per heavy atom. The molecule has 0 amide bonds. The van der Waals surface area contributed by atoms with Crippen LogP contribution in [-0.4, -0.2) is 41.6 Å². The first-order valence-corrected chi connectivity index (χ1v) is 6.97. The standard InChI is InChI=1S/C13H17BF2NO2.BF4/c1-10-9-13(19-14(15,16)18-10)11-5-7-12(8-6-11)17(2,3)4;2-1(3,4)5/h5-8,10H,1-4H3;/q+1;-1. The zero-order valence-electron chi connectivity index (χ0n) is 13.6. The molecule has 134 valence electrons. The van der Waals surface area contributed by atoms with Crippen LogP contribution in [0.4, 0.5) is 31.6 Å². The lowest BCUT2D eigenvalue weighted by atomic mass is 10.0. The first-order chi connectivity index (χ1) is 10.7. The molecule has 1 aromatic carbocycles. The van der Waals surface area contributed by atoms with E-state index in [0.717, 1.165) is 5.69 Å². The molecule has 0 aliphatic carbocycles. The average Bonchev–Trinajstić information content (AvgIpc) is 2.33. The Morgan fingerprint density at radius 1 is 1.04 bits per heavy atom. The fourth-order valence-corrected chi connectivity index (χ4v) is 1.87. The predicted octanol–water partition coefficient (Wildman–Crippen LogP) is 4.14. The lowest BCUT2D eigenvalue weighted by molar-refractivity contribution is 0.0905. The number of hydrogen-bond donors (Lipinski definition) is 0.